The molecule has 0 atom stereocenters. The van der Waals surface area contributed by atoms with E-state index in [4.69, 9.17) is 4.74 Å². The van der Waals surface area contributed by atoms with Crippen LogP contribution in [-0.4, -0.2) is 21.6 Å². The van der Waals surface area contributed by atoms with Crippen LogP contribution in [0.1, 0.15) is 16.8 Å². The standard InChI is InChI=1S/C13H15BrN4O/c1-18-8-12(16-17-18)7-15-6-10-5-11(14)4-9-2-3-19-13(9)10/h4-5,8,15H,2-3,6-7H2,1H3. The van der Waals surface area contributed by atoms with E-state index in [0.717, 1.165) is 35.5 Å². The highest BCUT2D eigenvalue weighted by Crippen LogP contribution is 2.32. The number of benzene rings is 1. The summed E-state index contributed by atoms with van der Waals surface area (Å²) in [5.74, 6) is 1.04. The molecule has 1 aromatic heterocycles. The maximum Gasteiger partial charge on any atom is 0.127 e. The minimum atomic E-state index is 0.703. The first-order valence-electron chi connectivity index (χ1n) is 6.22. The average Bonchev–Trinajstić information content (AvgIpc) is 2.98. The van der Waals surface area contributed by atoms with Crippen molar-refractivity contribution in [3.63, 3.8) is 0 Å². The number of aromatic nitrogens is 3. The molecule has 2 aromatic rings. The van der Waals surface area contributed by atoms with Crippen molar-refractivity contribution in [3.05, 3.63) is 39.6 Å². The first-order chi connectivity index (χ1) is 9.22. The summed E-state index contributed by atoms with van der Waals surface area (Å²) in [7, 11) is 1.87. The first kappa shape index (κ1) is 12.6. The molecule has 1 aromatic carbocycles. The third-order valence-electron chi connectivity index (χ3n) is 3.10. The Kier molecular flexibility index (Phi) is 3.52. The largest absolute Gasteiger partial charge is 0.493 e. The van der Waals surface area contributed by atoms with E-state index in [1.54, 1.807) is 4.68 Å². The zero-order valence-electron chi connectivity index (χ0n) is 10.7. The summed E-state index contributed by atoms with van der Waals surface area (Å²) in [6, 6.07) is 4.24. The second kappa shape index (κ2) is 5.30. The van der Waals surface area contributed by atoms with Crippen molar-refractivity contribution in [2.45, 2.75) is 19.5 Å². The van der Waals surface area contributed by atoms with Gasteiger partial charge in [-0.3, -0.25) is 4.68 Å². The predicted octanol–water partition coefficient (Wildman–Crippen LogP) is 1.80. The van der Waals surface area contributed by atoms with E-state index in [1.807, 2.05) is 13.2 Å². The molecule has 1 aliphatic rings. The van der Waals surface area contributed by atoms with Crippen LogP contribution in [0.4, 0.5) is 0 Å². The molecule has 3 rings (SSSR count). The highest BCUT2D eigenvalue weighted by atomic mass is 79.9. The summed E-state index contributed by atoms with van der Waals surface area (Å²) in [5.41, 5.74) is 3.41. The third-order valence-corrected chi connectivity index (χ3v) is 3.55. The van der Waals surface area contributed by atoms with Crippen LogP contribution in [0.2, 0.25) is 0 Å². The molecule has 0 saturated carbocycles. The number of halogens is 1. The molecule has 0 bridgehead atoms. The van der Waals surface area contributed by atoms with Crippen molar-refractivity contribution < 1.29 is 4.74 Å². The molecule has 0 unspecified atom stereocenters. The van der Waals surface area contributed by atoms with E-state index in [-0.39, 0.29) is 0 Å². The number of hydrogen-bond acceptors (Lipinski definition) is 4. The van der Waals surface area contributed by atoms with Crippen molar-refractivity contribution in [2.24, 2.45) is 7.05 Å². The van der Waals surface area contributed by atoms with Gasteiger partial charge in [0.15, 0.2) is 0 Å². The highest BCUT2D eigenvalue weighted by molar-refractivity contribution is 9.10. The Labute approximate surface area is 120 Å². The van der Waals surface area contributed by atoms with Gasteiger partial charge in [-0.2, -0.15) is 0 Å². The number of hydrogen-bond donors (Lipinski definition) is 1. The summed E-state index contributed by atoms with van der Waals surface area (Å²) in [5, 5.41) is 11.3. The summed E-state index contributed by atoms with van der Waals surface area (Å²) in [6.45, 7) is 2.25. The van der Waals surface area contributed by atoms with Gasteiger partial charge in [-0.25, -0.2) is 0 Å². The molecule has 2 heterocycles. The molecule has 0 saturated heterocycles. The number of nitrogens with one attached hydrogen (secondary N) is 1. The molecule has 6 heteroatoms. The van der Waals surface area contributed by atoms with Crippen molar-refractivity contribution >= 4 is 15.9 Å². The monoisotopic (exact) mass is 322 g/mol. The number of ether oxygens (including phenoxy) is 1. The Hall–Kier alpha value is -1.40. The number of fused-ring (bicyclic) bond motifs is 1. The minimum Gasteiger partial charge on any atom is -0.493 e. The van der Waals surface area contributed by atoms with Crippen LogP contribution in [0.3, 0.4) is 0 Å². The smallest absolute Gasteiger partial charge is 0.127 e. The number of nitrogens with zero attached hydrogens (tertiary/aromatic N) is 3. The fourth-order valence-electron chi connectivity index (χ4n) is 2.28. The Morgan fingerprint density at radius 3 is 3.11 bits per heavy atom. The highest BCUT2D eigenvalue weighted by Gasteiger charge is 2.17. The maximum absolute atomic E-state index is 5.70. The van der Waals surface area contributed by atoms with Crippen LogP contribution in [0.15, 0.2) is 22.8 Å². The normalized spacial score (nSPS) is 13.4. The molecule has 1 N–H and O–H groups in total. The van der Waals surface area contributed by atoms with Gasteiger partial charge in [-0.05, 0) is 17.7 Å². The predicted molar refractivity (Wildman–Crippen MR) is 74.9 cm³/mol. The van der Waals surface area contributed by atoms with E-state index in [9.17, 15) is 0 Å². The van der Waals surface area contributed by atoms with Crippen LogP contribution in [-0.2, 0) is 26.6 Å². The van der Waals surface area contributed by atoms with Gasteiger partial charge >= 0.3 is 0 Å². The summed E-state index contributed by atoms with van der Waals surface area (Å²) in [4.78, 5) is 0. The lowest BCUT2D eigenvalue weighted by Gasteiger charge is -2.09. The molecule has 0 amide bonds. The fraction of sp³-hybridized carbons (Fsp3) is 0.385. The summed E-state index contributed by atoms with van der Waals surface area (Å²) in [6.07, 6.45) is 2.90. The third kappa shape index (κ3) is 2.79. The van der Waals surface area contributed by atoms with Crippen LogP contribution in [0, 0.1) is 0 Å². The molecule has 5 nitrogen and oxygen atoms in total. The quantitative estimate of drug-likeness (QED) is 0.932. The molecule has 19 heavy (non-hydrogen) atoms. The fourth-order valence-corrected chi connectivity index (χ4v) is 2.83. The summed E-state index contributed by atoms with van der Waals surface area (Å²) < 4.78 is 8.51. The maximum atomic E-state index is 5.70. The lowest BCUT2D eigenvalue weighted by molar-refractivity contribution is 0.352. The Morgan fingerprint density at radius 2 is 2.32 bits per heavy atom. The van der Waals surface area contributed by atoms with Gasteiger partial charge in [0.05, 0.1) is 12.3 Å². The van der Waals surface area contributed by atoms with Gasteiger partial charge in [0, 0.05) is 42.8 Å². The molecule has 0 fully saturated rings. The minimum absolute atomic E-state index is 0.703. The van der Waals surface area contributed by atoms with E-state index in [2.05, 4.69) is 43.7 Å². The van der Waals surface area contributed by atoms with Gasteiger partial charge in [-0.1, -0.05) is 21.1 Å². The second-order valence-electron chi connectivity index (χ2n) is 4.64. The SMILES string of the molecule is Cn1cc(CNCc2cc(Br)cc3c2OCC3)nn1. The van der Waals surface area contributed by atoms with Crippen molar-refractivity contribution in [1.82, 2.24) is 20.3 Å². The van der Waals surface area contributed by atoms with E-state index < -0.39 is 0 Å². The van der Waals surface area contributed by atoms with Gasteiger partial charge in [-0.15, -0.1) is 5.10 Å². The Balaban J connectivity index is 1.67. The zero-order valence-corrected chi connectivity index (χ0v) is 12.3. The van der Waals surface area contributed by atoms with Crippen molar-refractivity contribution in [2.75, 3.05) is 6.61 Å². The van der Waals surface area contributed by atoms with Crippen LogP contribution >= 0.6 is 15.9 Å². The zero-order chi connectivity index (χ0) is 13.2. The van der Waals surface area contributed by atoms with E-state index in [0.29, 0.717) is 6.54 Å². The molecule has 0 radical (unpaired) electrons. The van der Waals surface area contributed by atoms with Gasteiger partial charge < -0.3 is 10.1 Å². The van der Waals surface area contributed by atoms with Crippen molar-refractivity contribution in [1.29, 1.82) is 0 Å². The van der Waals surface area contributed by atoms with Gasteiger partial charge in [0.1, 0.15) is 5.75 Å². The molecular weight excluding hydrogens is 308 g/mol. The average molecular weight is 323 g/mol. The number of rotatable bonds is 4. The topological polar surface area (TPSA) is 52.0 Å². The van der Waals surface area contributed by atoms with Crippen LogP contribution < -0.4 is 10.1 Å². The molecule has 0 aliphatic carbocycles. The lowest BCUT2D eigenvalue weighted by atomic mass is 10.1. The Morgan fingerprint density at radius 1 is 1.42 bits per heavy atom. The van der Waals surface area contributed by atoms with Gasteiger partial charge in [0.25, 0.3) is 0 Å². The molecule has 0 spiro atoms. The Bertz CT molecular complexity index is 596. The van der Waals surface area contributed by atoms with E-state index in [1.165, 1.54) is 11.1 Å². The van der Waals surface area contributed by atoms with Crippen LogP contribution in [0.5, 0.6) is 5.75 Å². The molecule has 1 aliphatic heterocycles. The number of aryl methyl sites for hydroxylation is 1. The molecular formula is C13H15BrN4O. The van der Waals surface area contributed by atoms with E-state index >= 15 is 0 Å². The lowest BCUT2D eigenvalue weighted by Crippen LogP contribution is -2.13. The first-order valence-corrected chi connectivity index (χ1v) is 7.01. The summed E-state index contributed by atoms with van der Waals surface area (Å²) >= 11 is 3.55. The van der Waals surface area contributed by atoms with Gasteiger partial charge in [0.2, 0.25) is 0 Å². The van der Waals surface area contributed by atoms with Crippen LogP contribution in [0.25, 0.3) is 0 Å². The second-order valence-corrected chi connectivity index (χ2v) is 5.55. The molecule has 100 valence electrons. The van der Waals surface area contributed by atoms with Crippen molar-refractivity contribution in [3.8, 4) is 5.75 Å².